The number of aromatic nitrogens is 1. The van der Waals surface area contributed by atoms with Gasteiger partial charge in [-0.3, -0.25) is 4.79 Å². The number of phenolic OH excluding ortho intramolecular Hbond substituents is 1. The van der Waals surface area contributed by atoms with E-state index in [1.807, 2.05) is 25.3 Å². The van der Waals surface area contributed by atoms with E-state index < -0.39 is 5.97 Å². The molecule has 140 valence electrons. The molecule has 0 amide bonds. The molecule has 2 rings (SSSR count). The Balaban J connectivity index is 2.11. The van der Waals surface area contributed by atoms with Crippen molar-refractivity contribution in [3.63, 3.8) is 0 Å². The average molecular weight is 359 g/mol. The maximum absolute atomic E-state index is 12.5. The number of ether oxygens (including phenoxy) is 2. The molecular formula is C20H25NO5. The van der Waals surface area contributed by atoms with Crippen molar-refractivity contribution in [1.29, 1.82) is 0 Å². The summed E-state index contributed by atoms with van der Waals surface area (Å²) in [7, 11) is 1.64. The minimum Gasteiger partial charge on any atom is -0.507 e. The molecule has 0 spiro atoms. The number of methoxy groups -OCH3 is 1. The molecule has 1 atom stereocenters. The first-order valence-corrected chi connectivity index (χ1v) is 8.43. The number of hydrogen-bond acceptors (Lipinski definition) is 5. The summed E-state index contributed by atoms with van der Waals surface area (Å²) < 4.78 is 12.3. The SMILES string of the molecule is COC[C@H](C)n1c(C)cc(C(=O)COC(=O)c2ccc(C)cc2O)c1C. The van der Waals surface area contributed by atoms with Crippen molar-refractivity contribution in [1.82, 2.24) is 4.57 Å². The molecule has 0 fully saturated rings. The highest BCUT2D eigenvalue weighted by Gasteiger charge is 2.21. The molecule has 0 aliphatic rings. The molecule has 0 saturated heterocycles. The maximum Gasteiger partial charge on any atom is 0.342 e. The fourth-order valence-electron chi connectivity index (χ4n) is 3.15. The number of esters is 1. The summed E-state index contributed by atoms with van der Waals surface area (Å²) in [6.45, 7) is 7.75. The Morgan fingerprint density at radius 3 is 2.46 bits per heavy atom. The number of rotatable bonds is 7. The Labute approximate surface area is 153 Å². The van der Waals surface area contributed by atoms with Crippen molar-refractivity contribution >= 4 is 11.8 Å². The molecular weight excluding hydrogens is 334 g/mol. The Morgan fingerprint density at radius 2 is 1.85 bits per heavy atom. The second-order valence-corrected chi connectivity index (χ2v) is 6.48. The number of hydrogen-bond donors (Lipinski definition) is 1. The first kappa shape index (κ1) is 19.7. The van der Waals surface area contributed by atoms with Gasteiger partial charge in [0.05, 0.1) is 12.6 Å². The van der Waals surface area contributed by atoms with Crippen molar-refractivity contribution in [2.24, 2.45) is 0 Å². The predicted octanol–water partition coefficient (Wildman–Crippen LogP) is 3.37. The van der Waals surface area contributed by atoms with E-state index in [-0.39, 0.29) is 29.7 Å². The van der Waals surface area contributed by atoms with Crippen LogP contribution in [-0.2, 0) is 9.47 Å². The van der Waals surface area contributed by atoms with Gasteiger partial charge in [0.15, 0.2) is 6.61 Å². The molecule has 6 nitrogen and oxygen atoms in total. The molecule has 0 aliphatic heterocycles. The van der Waals surface area contributed by atoms with Crippen LogP contribution < -0.4 is 0 Å². The minimum absolute atomic E-state index is 0.0441. The lowest BCUT2D eigenvalue weighted by molar-refractivity contribution is 0.0471. The third kappa shape index (κ3) is 4.14. The standard InChI is InChI=1S/C20H25NO5/c1-12-6-7-16(18(22)8-12)20(24)26-11-19(23)17-9-13(2)21(15(17)4)14(3)10-25-5/h6-9,14,22H,10-11H2,1-5H3/t14-/m0/s1. The number of aromatic hydroxyl groups is 1. The van der Waals surface area contributed by atoms with Gasteiger partial charge in [0.2, 0.25) is 5.78 Å². The summed E-state index contributed by atoms with van der Waals surface area (Å²) in [5.41, 5.74) is 3.14. The first-order valence-electron chi connectivity index (χ1n) is 8.43. The van der Waals surface area contributed by atoms with Crippen molar-refractivity contribution in [3.8, 4) is 5.75 Å². The van der Waals surface area contributed by atoms with Crippen LogP contribution in [0.25, 0.3) is 0 Å². The van der Waals surface area contributed by atoms with Gasteiger partial charge in [0, 0.05) is 24.1 Å². The van der Waals surface area contributed by atoms with Crippen LogP contribution in [0.15, 0.2) is 24.3 Å². The lowest BCUT2D eigenvalue weighted by atomic mass is 10.1. The topological polar surface area (TPSA) is 77.8 Å². The zero-order chi connectivity index (χ0) is 19.4. The molecule has 0 aliphatic carbocycles. The van der Waals surface area contributed by atoms with E-state index in [0.717, 1.165) is 17.0 Å². The fourth-order valence-corrected chi connectivity index (χ4v) is 3.15. The summed E-state index contributed by atoms with van der Waals surface area (Å²) in [4.78, 5) is 24.6. The normalized spacial score (nSPS) is 12.0. The van der Waals surface area contributed by atoms with E-state index in [4.69, 9.17) is 9.47 Å². The molecule has 0 saturated carbocycles. The van der Waals surface area contributed by atoms with Crippen molar-refractivity contribution in [2.45, 2.75) is 33.7 Å². The zero-order valence-electron chi connectivity index (χ0n) is 15.8. The highest BCUT2D eigenvalue weighted by atomic mass is 16.5. The van der Waals surface area contributed by atoms with Gasteiger partial charge in [0.25, 0.3) is 0 Å². The van der Waals surface area contributed by atoms with Gasteiger partial charge in [-0.05, 0) is 51.5 Å². The minimum atomic E-state index is -0.725. The van der Waals surface area contributed by atoms with Gasteiger partial charge in [-0.25, -0.2) is 4.79 Å². The summed E-state index contributed by atoms with van der Waals surface area (Å²) in [6.07, 6.45) is 0. The van der Waals surface area contributed by atoms with E-state index >= 15 is 0 Å². The largest absolute Gasteiger partial charge is 0.507 e. The van der Waals surface area contributed by atoms with Crippen LogP contribution in [0.5, 0.6) is 5.75 Å². The summed E-state index contributed by atoms with van der Waals surface area (Å²) in [5.74, 6) is -1.17. The molecule has 1 aromatic heterocycles. The van der Waals surface area contributed by atoms with E-state index in [1.54, 1.807) is 26.2 Å². The second-order valence-electron chi connectivity index (χ2n) is 6.48. The monoisotopic (exact) mass is 359 g/mol. The van der Waals surface area contributed by atoms with Gasteiger partial charge < -0.3 is 19.1 Å². The fraction of sp³-hybridized carbons (Fsp3) is 0.400. The summed E-state index contributed by atoms with van der Waals surface area (Å²) in [5, 5.41) is 9.84. The Morgan fingerprint density at radius 1 is 1.15 bits per heavy atom. The average Bonchev–Trinajstić information content (AvgIpc) is 2.87. The summed E-state index contributed by atoms with van der Waals surface area (Å²) >= 11 is 0. The molecule has 1 heterocycles. The van der Waals surface area contributed by atoms with E-state index in [2.05, 4.69) is 0 Å². The van der Waals surface area contributed by atoms with Crippen LogP contribution in [-0.4, -0.2) is 41.7 Å². The predicted molar refractivity (Wildman–Crippen MR) is 97.9 cm³/mol. The van der Waals surface area contributed by atoms with Crippen LogP contribution in [0.4, 0.5) is 0 Å². The van der Waals surface area contributed by atoms with Crippen molar-refractivity contribution in [2.75, 3.05) is 20.3 Å². The van der Waals surface area contributed by atoms with Crippen LogP contribution >= 0.6 is 0 Å². The molecule has 26 heavy (non-hydrogen) atoms. The molecule has 2 aromatic rings. The molecule has 1 N–H and O–H groups in total. The quantitative estimate of drug-likeness (QED) is 0.606. The maximum atomic E-state index is 12.5. The van der Waals surface area contributed by atoms with Crippen LogP contribution in [0.1, 0.15) is 50.6 Å². The number of phenols is 1. The van der Waals surface area contributed by atoms with Crippen molar-refractivity contribution < 1.29 is 24.2 Å². The number of carbonyl (C=O) groups excluding carboxylic acids is 2. The van der Waals surface area contributed by atoms with Crippen LogP contribution in [0.3, 0.4) is 0 Å². The van der Waals surface area contributed by atoms with Gasteiger partial charge in [-0.1, -0.05) is 6.07 Å². The molecule has 0 radical (unpaired) electrons. The van der Waals surface area contributed by atoms with Gasteiger partial charge in [-0.15, -0.1) is 0 Å². The van der Waals surface area contributed by atoms with E-state index in [0.29, 0.717) is 12.2 Å². The molecule has 6 heteroatoms. The third-order valence-electron chi connectivity index (χ3n) is 4.34. The Hall–Kier alpha value is -2.60. The van der Waals surface area contributed by atoms with Gasteiger partial charge >= 0.3 is 5.97 Å². The number of carbonyl (C=O) groups is 2. The number of aryl methyl sites for hydroxylation is 2. The zero-order valence-corrected chi connectivity index (χ0v) is 15.8. The number of nitrogens with zero attached hydrogens (tertiary/aromatic N) is 1. The van der Waals surface area contributed by atoms with E-state index in [9.17, 15) is 14.7 Å². The number of Topliss-reactive ketones (excluding diaryl/α,β-unsaturated/α-hetero) is 1. The third-order valence-corrected chi connectivity index (χ3v) is 4.34. The number of ketones is 1. The molecule has 0 unspecified atom stereocenters. The molecule has 0 bridgehead atoms. The Bertz CT molecular complexity index is 822. The van der Waals surface area contributed by atoms with Gasteiger partial charge in [-0.2, -0.15) is 0 Å². The van der Waals surface area contributed by atoms with Crippen LogP contribution in [0.2, 0.25) is 0 Å². The highest BCUT2D eigenvalue weighted by Crippen LogP contribution is 2.22. The second kappa shape index (κ2) is 8.19. The highest BCUT2D eigenvalue weighted by molar-refractivity contribution is 6.01. The van der Waals surface area contributed by atoms with Crippen molar-refractivity contribution in [3.05, 3.63) is 52.3 Å². The van der Waals surface area contributed by atoms with Gasteiger partial charge in [0.1, 0.15) is 11.3 Å². The lowest BCUT2D eigenvalue weighted by Crippen LogP contribution is -2.17. The lowest BCUT2D eigenvalue weighted by Gasteiger charge is -2.17. The van der Waals surface area contributed by atoms with E-state index in [1.165, 1.54) is 12.1 Å². The number of benzene rings is 1. The first-order chi connectivity index (χ1) is 12.3. The Kier molecular flexibility index (Phi) is 6.21. The van der Waals surface area contributed by atoms with Crippen LogP contribution in [0, 0.1) is 20.8 Å². The molecule has 1 aromatic carbocycles. The smallest absolute Gasteiger partial charge is 0.342 e. The summed E-state index contributed by atoms with van der Waals surface area (Å²) in [6, 6.07) is 6.54.